The van der Waals surface area contributed by atoms with Crippen LogP contribution in [0.15, 0.2) is 24.4 Å². The van der Waals surface area contributed by atoms with Gasteiger partial charge in [-0.2, -0.15) is 5.10 Å². The number of carbonyl (C=O) groups is 1. The van der Waals surface area contributed by atoms with E-state index in [1.807, 2.05) is 27.9 Å². The second-order valence-corrected chi connectivity index (χ2v) is 8.42. The predicted octanol–water partition coefficient (Wildman–Crippen LogP) is 3.90. The van der Waals surface area contributed by atoms with E-state index in [1.54, 1.807) is 33.2 Å². The number of thiazole rings is 1. The Morgan fingerprint density at radius 1 is 1.22 bits per heavy atom. The van der Waals surface area contributed by atoms with Crippen molar-refractivity contribution in [3.63, 3.8) is 0 Å². The van der Waals surface area contributed by atoms with Crippen molar-refractivity contribution in [2.45, 2.75) is 33.7 Å². The number of benzene rings is 1. The molecule has 27 heavy (non-hydrogen) atoms. The van der Waals surface area contributed by atoms with Crippen LogP contribution in [0.3, 0.4) is 0 Å². The highest BCUT2D eigenvalue weighted by molar-refractivity contribution is 7.22. The van der Waals surface area contributed by atoms with Crippen LogP contribution in [0.2, 0.25) is 0 Å². The summed E-state index contributed by atoms with van der Waals surface area (Å²) >= 11 is 1.58. The van der Waals surface area contributed by atoms with Crippen molar-refractivity contribution in [3.05, 3.63) is 41.2 Å². The molecule has 2 aromatic heterocycles. The minimum atomic E-state index is -0.0588. The average Bonchev–Trinajstić information content (AvgIpc) is 3.21. The normalized spacial score (nSPS) is 11.7. The van der Waals surface area contributed by atoms with Crippen LogP contribution >= 0.6 is 11.3 Å². The van der Waals surface area contributed by atoms with Crippen molar-refractivity contribution in [2.24, 2.45) is 0 Å². The fraction of sp³-hybridized carbons (Fsp3) is 0.450. The number of hydrogen-bond acceptors (Lipinski definition) is 5. The van der Waals surface area contributed by atoms with Crippen molar-refractivity contribution < 1.29 is 4.79 Å². The summed E-state index contributed by atoms with van der Waals surface area (Å²) in [7, 11) is 4.01. The predicted molar refractivity (Wildman–Crippen MR) is 112 cm³/mol. The van der Waals surface area contributed by atoms with Gasteiger partial charge < -0.3 is 4.90 Å². The van der Waals surface area contributed by atoms with E-state index in [9.17, 15) is 4.79 Å². The quantitative estimate of drug-likeness (QED) is 0.646. The van der Waals surface area contributed by atoms with E-state index in [4.69, 9.17) is 4.98 Å². The number of aryl methyl sites for hydroxylation is 2. The summed E-state index contributed by atoms with van der Waals surface area (Å²) in [6, 6.07) is 6.14. The Balaban J connectivity index is 2.04. The lowest BCUT2D eigenvalue weighted by molar-refractivity contribution is 0.0973. The average molecular weight is 386 g/mol. The zero-order chi connectivity index (χ0) is 19.7. The maximum Gasteiger partial charge on any atom is 0.278 e. The number of amides is 1. The number of carbonyl (C=O) groups excluding carboxylic acids is 1. The molecule has 0 atom stereocenters. The van der Waals surface area contributed by atoms with E-state index in [1.165, 1.54) is 11.1 Å². The topological polar surface area (TPSA) is 54.3 Å². The summed E-state index contributed by atoms with van der Waals surface area (Å²) in [4.78, 5) is 22.0. The van der Waals surface area contributed by atoms with Gasteiger partial charge in [0.1, 0.15) is 5.69 Å². The van der Waals surface area contributed by atoms with Crippen molar-refractivity contribution in [2.75, 3.05) is 32.1 Å². The number of nitrogens with zero attached hydrogens (tertiary/aromatic N) is 5. The molecule has 1 aromatic carbocycles. The monoisotopic (exact) mass is 385 g/mol. The Morgan fingerprint density at radius 3 is 2.63 bits per heavy atom. The van der Waals surface area contributed by atoms with Gasteiger partial charge in [0.25, 0.3) is 5.91 Å². The van der Waals surface area contributed by atoms with Crippen LogP contribution in [0.4, 0.5) is 5.13 Å². The van der Waals surface area contributed by atoms with Gasteiger partial charge in [0.15, 0.2) is 5.13 Å². The van der Waals surface area contributed by atoms with E-state index in [2.05, 4.69) is 36.0 Å². The molecule has 1 amide bonds. The fourth-order valence-electron chi connectivity index (χ4n) is 3.10. The molecule has 0 spiro atoms. The van der Waals surface area contributed by atoms with Crippen LogP contribution in [-0.4, -0.2) is 52.8 Å². The first-order valence-corrected chi connectivity index (χ1v) is 9.97. The van der Waals surface area contributed by atoms with E-state index in [0.29, 0.717) is 12.2 Å². The lowest BCUT2D eigenvalue weighted by Gasteiger charge is -2.22. The molecule has 0 unspecified atom stereocenters. The highest BCUT2D eigenvalue weighted by Gasteiger charge is 2.25. The Hall–Kier alpha value is -2.25. The first-order valence-electron chi connectivity index (χ1n) is 9.16. The number of hydrogen-bond donors (Lipinski definition) is 0. The highest BCUT2D eigenvalue weighted by Crippen LogP contribution is 2.32. The Bertz CT molecular complexity index is 957. The summed E-state index contributed by atoms with van der Waals surface area (Å²) in [6.07, 6.45) is 1.68. The standard InChI is InChI=1S/C20H27N5OS/c1-13(2)25-17(7-8-21-25)19(26)24(10-9-23(5)6)20-22-16-12-14(3)11-15(4)18(16)27-20/h7-8,11-13H,9-10H2,1-6H3. The third-order valence-corrected chi connectivity index (χ3v) is 5.66. The molecule has 0 aliphatic rings. The van der Waals surface area contributed by atoms with E-state index in [-0.39, 0.29) is 11.9 Å². The summed E-state index contributed by atoms with van der Waals surface area (Å²) < 4.78 is 2.91. The van der Waals surface area contributed by atoms with Crippen LogP contribution in [0.25, 0.3) is 10.2 Å². The molecule has 0 aliphatic carbocycles. The maximum absolute atomic E-state index is 13.4. The third-order valence-electron chi connectivity index (χ3n) is 4.43. The molecule has 7 heteroatoms. The van der Waals surface area contributed by atoms with E-state index >= 15 is 0 Å². The molecular formula is C20H27N5OS. The fourth-order valence-corrected chi connectivity index (χ4v) is 4.14. The van der Waals surface area contributed by atoms with Gasteiger partial charge in [0, 0.05) is 25.3 Å². The van der Waals surface area contributed by atoms with Crippen LogP contribution in [0, 0.1) is 13.8 Å². The van der Waals surface area contributed by atoms with E-state index in [0.717, 1.165) is 21.9 Å². The SMILES string of the molecule is Cc1cc(C)c2sc(N(CCN(C)C)C(=O)c3ccnn3C(C)C)nc2c1. The molecule has 144 valence electrons. The molecule has 6 nitrogen and oxygen atoms in total. The number of aromatic nitrogens is 3. The summed E-state index contributed by atoms with van der Waals surface area (Å²) in [6.45, 7) is 9.55. The molecule has 0 saturated heterocycles. The van der Waals surface area contributed by atoms with Gasteiger partial charge in [-0.3, -0.25) is 14.4 Å². The van der Waals surface area contributed by atoms with E-state index < -0.39 is 0 Å². The maximum atomic E-state index is 13.4. The zero-order valence-corrected chi connectivity index (χ0v) is 17.7. The molecule has 0 aliphatic heterocycles. The molecule has 0 fully saturated rings. The summed E-state index contributed by atoms with van der Waals surface area (Å²) in [5, 5.41) is 5.06. The summed E-state index contributed by atoms with van der Waals surface area (Å²) in [5.74, 6) is -0.0588. The molecule has 3 aromatic rings. The molecule has 2 heterocycles. The molecule has 0 bridgehead atoms. The van der Waals surface area contributed by atoms with Crippen molar-refractivity contribution in [3.8, 4) is 0 Å². The second kappa shape index (κ2) is 7.78. The smallest absolute Gasteiger partial charge is 0.278 e. The Kier molecular flexibility index (Phi) is 5.62. The zero-order valence-electron chi connectivity index (χ0n) is 16.9. The van der Waals surface area contributed by atoms with Crippen molar-refractivity contribution >= 4 is 32.6 Å². The third kappa shape index (κ3) is 4.04. The minimum Gasteiger partial charge on any atom is -0.308 e. The second-order valence-electron chi connectivity index (χ2n) is 7.44. The first-order chi connectivity index (χ1) is 12.8. The first kappa shape index (κ1) is 19.5. The van der Waals surface area contributed by atoms with Gasteiger partial charge >= 0.3 is 0 Å². The molecular weight excluding hydrogens is 358 g/mol. The molecule has 0 N–H and O–H groups in total. The van der Waals surface area contributed by atoms with Crippen LogP contribution in [0.1, 0.15) is 41.5 Å². The number of likely N-dealkylation sites (N-methyl/N-ethyl adjacent to an activating group) is 1. The van der Waals surface area contributed by atoms with Crippen LogP contribution in [0.5, 0.6) is 0 Å². The lowest BCUT2D eigenvalue weighted by Crippen LogP contribution is -2.38. The van der Waals surface area contributed by atoms with Crippen molar-refractivity contribution in [1.29, 1.82) is 0 Å². The van der Waals surface area contributed by atoms with Gasteiger partial charge in [-0.15, -0.1) is 0 Å². The van der Waals surface area contributed by atoms with Gasteiger partial charge in [-0.1, -0.05) is 17.4 Å². The van der Waals surface area contributed by atoms with Gasteiger partial charge in [-0.25, -0.2) is 4.98 Å². The number of fused-ring (bicyclic) bond motifs is 1. The Labute approximate surface area is 164 Å². The number of anilines is 1. The molecule has 0 radical (unpaired) electrons. The van der Waals surface area contributed by atoms with Gasteiger partial charge in [0.05, 0.1) is 10.2 Å². The minimum absolute atomic E-state index is 0.0588. The summed E-state index contributed by atoms with van der Waals surface area (Å²) in [5.41, 5.74) is 3.92. The molecule has 0 saturated carbocycles. The Morgan fingerprint density at radius 2 is 1.96 bits per heavy atom. The largest absolute Gasteiger partial charge is 0.308 e. The van der Waals surface area contributed by atoms with Gasteiger partial charge in [-0.05, 0) is 65.0 Å². The highest BCUT2D eigenvalue weighted by atomic mass is 32.1. The van der Waals surface area contributed by atoms with Crippen LogP contribution < -0.4 is 4.90 Å². The number of rotatable bonds is 6. The van der Waals surface area contributed by atoms with Gasteiger partial charge in [0.2, 0.25) is 0 Å². The van der Waals surface area contributed by atoms with Crippen molar-refractivity contribution in [1.82, 2.24) is 19.7 Å². The lowest BCUT2D eigenvalue weighted by atomic mass is 10.1. The van der Waals surface area contributed by atoms with Crippen LogP contribution in [-0.2, 0) is 0 Å². The molecule has 3 rings (SSSR count).